The van der Waals surface area contributed by atoms with Crippen LogP contribution in [0.25, 0.3) is 0 Å². The van der Waals surface area contributed by atoms with E-state index >= 15 is 0 Å². The predicted molar refractivity (Wildman–Crippen MR) is 62.6 cm³/mol. The van der Waals surface area contributed by atoms with Gasteiger partial charge in [-0.15, -0.1) is 0 Å². The summed E-state index contributed by atoms with van der Waals surface area (Å²) in [5.74, 6) is 0.680. The van der Waals surface area contributed by atoms with E-state index in [-0.39, 0.29) is 5.75 Å². The van der Waals surface area contributed by atoms with E-state index in [1.165, 1.54) is 0 Å². The Bertz CT molecular complexity index is 402. The molecule has 1 aromatic rings. The zero-order valence-corrected chi connectivity index (χ0v) is 10.3. The van der Waals surface area contributed by atoms with Crippen LogP contribution in [0.1, 0.15) is 20.3 Å². The van der Waals surface area contributed by atoms with Crippen molar-refractivity contribution in [3.63, 3.8) is 0 Å². The van der Waals surface area contributed by atoms with Crippen LogP contribution < -0.4 is 9.46 Å². The fraction of sp³-hybridized carbons (Fsp3) is 0.455. The zero-order valence-electron chi connectivity index (χ0n) is 9.43. The third-order valence-corrected chi connectivity index (χ3v) is 3.41. The molecule has 0 amide bonds. The Labute approximate surface area is 96.7 Å². The summed E-state index contributed by atoms with van der Waals surface area (Å²) in [4.78, 5) is 0. The van der Waals surface area contributed by atoms with E-state index in [9.17, 15) is 8.42 Å². The van der Waals surface area contributed by atoms with Crippen LogP contribution >= 0.6 is 0 Å². The summed E-state index contributed by atoms with van der Waals surface area (Å²) in [7, 11) is -3.23. The first-order valence-corrected chi connectivity index (χ1v) is 6.85. The standard InChI is InChI=1S/C11H16NO3S/c1-3-11(12-16(13,14)4-2)15-10-8-6-5-7-9-10/h6-9,11-12H,3-4H2,1-2H3. The number of benzene rings is 1. The highest BCUT2D eigenvalue weighted by Crippen LogP contribution is 2.11. The van der Waals surface area contributed by atoms with Crippen LogP contribution in [0.5, 0.6) is 5.75 Å². The lowest BCUT2D eigenvalue weighted by Gasteiger charge is -2.18. The largest absolute Gasteiger partial charge is 0.474 e. The van der Waals surface area contributed by atoms with Crippen molar-refractivity contribution in [3.8, 4) is 5.75 Å². The van der Waals surface area contributed by atoms with E-state index in [1.807, 2.05) is 6.92 Å². The minimum Gasteiger partial charge on any atom is -0.474 e. The summed E-state index contributed by atoms with van der Waals surface area (Å²) in [6.07, 6.45) is 0.0463. The van der Waals surface area contributed by atoms with Gasteiger partial charge in [-0.1, -0.05) is 19.1 Å². The third-order valence-electron chi connectivity index (χ3n) is 2.03. The van der Waals surface area contributed by atoms with E-state index in [4.69, 9.17) is 4.74 Å². The Morgan fingerprint density at radius 2 is 2.00 bits per heavy atom. The summed E-state index contributed by atoms with van der Waals surface area (Å²) in [5.41, 5.74) is 0. The second-order valence-electron chi connectivity index (χ2n) is 3.27. The fourth-order valence-corrected chi connectivity index (χ4v) is 1.87. The van der Waals surface area contributed by atoms with Crippen molar-refractivity contribution in [3.05, 3.63) is 30.3 Å². The minimum absolute atomic E-state index is 0.0510. The monoisotopic (exact) mass is 242 g/mol. The van der Waals surface area contributed by atoms with Crippen LogP contribution in [-0.2, 0) is 10.0 Å². The molecule has 89 valence electrons. The van der Waals surface area contributed by atoms with Gasteiger partial charge in [0.1, 0.15) is 5.75 Å². The summed E-state index contributed by atoms with van der Waals surface area (Å²) in [5, 5.41) is 0. The first-order valence-electron chi connectivity index (χ1n) is 5.20. The molecule has 1 unspecified atom stereocenters. The maximum absolute atomic E-state index is 11.4. The number of rotatable bonds is 6. The number of nitrogens with one attached hydrogen (secondary N) is 1. The summed E-state index contributed by atoms with van der Waals surface area (Å²) in [6.45, 7) is 3.45. The highest BCUT2D eigenvalue weighted by molar-refractivity contribution is 7.89. The van der Waals surface area contributed by atoms with Gasteiger partial charge < -0.3 is 4.74 Å². The van der Waals surface area contributed by atoms with Crippen LogP contribution in [0.3, 0.4) is 0 Å². The summed E-state index contributed by atoms with van der Waals surface area (Å²) in [6, 6.07) is 9.78. The smallest absolute Gasteiger partial charge is 0.214 e. The number of hydrogen-bond donors (Lipinski definition) is 1. The molecule has 16 heavy (non-hydrogen) atoms. The highest BCUT2D eigenvalue weighted by atomic mass is 32.2. The second kappa shape index (κ2) is 5.86. The van der Waals surface area contributed by atoms with E-state index in [0.717, 1.165) is 0 Å². The third kappa shape index (κ3) is 4.20. The molecule has 1 radical (unpaired) electrons. The van der Waals surface area contributed by atoms with Crippen molar-refractivity contribution < 1.29 is 13.2 Å². The molecule has 0 aliphatic heterocycles. The van der Waals surface area contributed by atoms with Crippen molar-refractivity contribution in [1.82, 2.24) is 4.72 Å². The van der Waals surface area contributed by atoms with Gasteiger partial charge in [-0.2, -0.15) is 4.72 Å². The number of hydrogen-bond acceptors (Lipinski definition) is 3. The molecule has 0 saturated carbocycles. The Morgan fingerprint density at radius 3 is 2.50 bits per heavy atom. The maximum Gasteiger partial charge on any atom is 0.214 e. The van der Waals surface area contributed by atoms with Crippen molar-refractivity contribution >= 4 is 10.0 Å². The molecule has 1 rings (SSSR count). The molecule has 0 aliphatic rings. The topological polar surface area (TPSA) is 55.4 Å². The molecule has 0 heterocycles. The molecular formula is C11H16NO3S. The van der Waals surface area contributed by atoms with E-state index in [0.29, 0.717) is 12.2 Å². The molecule has 1 atom stereocenters. The molecule has 0 aromatic heterocycles. The van der Waals surface area contributed by atoms with Gasteiger partial charge in [0.25, 0.3) is 0 Å². The predicted octanol–water partition coefficient (Wildman–Crippen LogP) is 1.54. The molecule has 0 bridgehead atoms. The first kappa shape index (κ1) is 13.0. The van der Waals surface area contributed by atoms with E-state index < -0.39 is 16.3 Å². The SMILES string of the molecule is CCC(NS(=O)(=O)CC)Oc1cc[c]cc1. The van der Waals surface area contributed by atoms with E-state index in [2.05, 4.69) is 10.8 Å². The summed E-state index contributed by atoms with van der Waals surface area (Å²) >= 11 is 0. The minimum atomic E-state index is -3.23. The van der Waals surface area contributed by atoms with Crippen LogP contribution in [0, 0.1) is 6.07 Å². The Kier molecular flexibility index (Phi) is 4.76. The van der Waals surface area contributed by atoms with Gasteiger partial charge in [0.15, 0.2) is 6.23 Å². The van der Waals surface area contributed by atoms with Crippen LogP contribution in [0.15, 0.2) is 24.3 Å². The highest BCUT2D eigenvalue weighted by Gasteiger charge is 2.15. The lowest BCUT2D eigenvalue weighted by molar-refractivity contribution is 0.186. The maximum atomic E-state index is 11.4. The molecule has 1 N–H and O–H groups in total. The van der Waals surface area contributed by atoms with Crippen molar-refractivity contribution in [2.45, 2.75) is 26.5 Å². The quantitative estimate of drug-likeness (QED) is 0.770. The fourth-order valence-electron chi connectivity index (χ4n) is 1.09. The normalized spacial score (nSPS) is 13.4. The molecule has 0 saturated heterocycles. The number of ether oxygens (including phenoxy) is 1. The zero-order chi connectivity index (χ0) is 12.0. The lowest BCUT2D eigenvalue weighted by atomic mass is 10.3. The Balaban J connectivity index is 2.63. The lowest BCUT2D eigenvalue weighted by Crippen LogP contribution is -2.39. The molecule has 5 heteroatoms. The van der Waals surface area contributed by atoms with Crippen LogP contribution in [-0.4, -0.2) is 20.4 Å². The van der Waals surface area contributed by atoms with Crippen LogP contribution in [0.2, 0.25) is 0 Å². The van der Waals surface area contributed by atoms with Crippen molar-refractivity contribution in [1.29, 1.82) is 0 Å². The van der Waals surface area contributed by atoms with Gasteiger partial charge in [-0.25, -0.2) is 8.42 Å². The Hall–Kier alpha value is -1.07. The molecule has 4 nitrogen and oxygen atoms in total. The molecule has 0 fully saturated rings. The van der Waals surface area contributed by atoms with Gasteiger partial charge in [0.2, 0.25) is 10.0 Å². The first-order chi connectivity index (χ1) is 7.57. The van der Waals surface area contributed by atoms with Crippen molar-refractivity contribution in [2.24, 2.45) is 0 Å². The average molecular weight is 242 g/mol. The molecule has 0 spiro atoms. The molecule has 0 aliphatic carbocycles. The molecule has 1 aromatic carbocycles. The number of sulfonamides is 1. The Morgan fingerprint density at radius 1 is 1.38 bits per heavy atom. The van der Waals surface area contributed by atoms with Gasteiger partial charge in [-0.05, 0) is 31.5 Å². The molecular weight excluding hydrogens is 226 g/mol. The van der Waals surface area contributed by atoms with Gasteiger partial charge in [-0.3, -0.25) is 0 Å². The average Bonchev–Trinajstić information content (AvgIpc) is 2.29. The van der Waals surface area contributed by atoms with E-state index in [1.54, 1.807) is 31.2 Å². The van der Waals surface area contributed by atoms with Gasteiger partial charge in [0.05, 0.1) is 5.75 Å². The van der Waals surface area contributed by atoms with Crippen LogP contribution in [0.4, 0.5) is 0 Å². The van der Waals surface area contributed by atoms with Gasteiger partial charge >= 0.3 is 0 Å². The second-order valence-corrected chi connectivity index (χ2v) is 5.31. The van der Waals surface area contributed by atoms with Gasteiger partial charge in [0, 0.05) is 0 Å². The van der Waals surface area contributed by atoms with Crippen molar-refractivity contribution in [2.75, 3.05) is 5.75 Å². The summed E-state index contributed by atoms with van der Waals surface area (Å²) < 4.78 is 30.7.